The second-order valence-corrected chi connectivity index (χ2v) is 5.24. The lowest BCUT2D eigenvalue weighted by Crippen LogP contribution is -2.39. The zero-order valence-corrected chi connectivity index (χ0v) is 12.4. The highest BCUT2D eigenvalue weighted by Gasteiger charge is 2.19. The lowest BCUT2D eigenvalue weighted by Gasteiger charge is -2.14. The first kappa shape index (κ1) is 15.3. The van der Waals surface area contributed by atoms with E-state index in [2.05, 4.69) is 10.6 Å². The van der Waals surface area contributed by atoms with Gasteiger partial charge in [0.2, 0.25) is 0 Å². The molecule has 0 bridgehead atoms. The van der Waals surface area contributed by atoms with E-state index in [0.29, 0.717) is 12.2 Å². The Morgan fingerprint density at radius 2 is 2.14 bits per heavy atom. The predicted molar refractivity (Wildman–Crippen MR) is 81.4 cm³/mol. The third-order valence-electron chi connectivity index (χ3n) is 3.34. The minimum Gasteiger partial charge on any atom is -0.378 e. The Bertz CT molecular complexity index is 511. The van der Waals surface area contributed by atoms with Crippen LogP contribution in [0, 0.1) is 0 Å². The number of benzene rings is 1. The molecule has 1 aromatic carbocycles. The Balaban J connectivity index is 1.85. The topological polar surface area (TPSA) is 70.7 Å². The molecular weight excluding hydrogens is 270 g/mol. The second kappa shape index (κ2) is 7.08. The van der Waals surface area contributed by atoms with Crippen LogP contribution in [-0.2, 0) is 14.3 Å². The summed E-state index contributed by atoms with van der Waals surface area (Å²) in [6.07, 6.45) is 1.95. The van der Waals surface area contributed by atoms with Crippen LogP contribution in [0.5, 0.6) is 0 Å². The number of carbonyl (C=O) groups is 2. The first-order chi connectivity index (χ1) is 10.1. The Kier molecular flexibility index (Phi) is 5.16. The van der Waals surface area contributed by atoms with Gasteiger partial charge in [0.05, 0.1) is 6.10 Å². The molecule has 1 unspecified atom stereocenters. The Hall–Kier alpha value is -2.08. The molecule has 0 saturated carbocycles. The maximum absolute atomic E-state index is 11.8. The maximum atomic E-state index is 11.8. The summed E-state index contributed by atoms with van der Waals surface area (Å²) in [4.78, 5) is 25.5. The number of ether oxygens (including phenoxy) is 1. The van der Waals surface area contributed by atoms with E-state index in [4.69, 9.17) is 4.74 Å². The van der Waals surface area contributed by atoms with Crippen molar-refractivity contribution in [3.05, 3.63) is 24.3 Å². The van der Waals surface area contributed by atoms with Gasteiger partial charge in [-0.05, 0) is 31.0 Å². The molecule has 1 saturated heterocycles. The van der Waals surface area contributed by atoms with Crippen molar-refractivity contribution in [2.75, 3.05) is 37.5 Å². The summed E-state index contributed by atoms with van der Waals surface area (Å²) < 4.78 is 5.39. The number of amides is 2. The van der Waals surface area contributed by atoms with Crippen LogP contribution in [-0.4, -0.2) is 45.2 Å². The van der Waals surface area contributed by atoms with E-state index in [1.165, 1.54) is 0 Å². The zero-order chi connectivity index (χ0) is 15.2. The van der Waals surface area contributed by atoms with Gasteiger partial charge in [0, 0.05) is 38.6 Å². The van der Waals surface area contributed by atoms with Crippen molar-refractivity contribution >= 4 is 23.2 Å². The van der Waals surface area contributed by atoms with Gasteiger partial charge in [-0.2, -0.15) is 0 Å². The summed E-state index contributed by atoms with van der Waals surface area (Å²) in [6, 6.07) is 7.31. The third-order valence-corrected chi connectivity index (χ3v) is 3.34. The molecule has 0 spiro atoms. The van der Waals surface area contributed by atoms with Gasteiger partial charge in [-0.25, -0.2) is 0 Å². The Morgan fingerprint density at radius 1 is 1.33 bits per heavy atom. The van der Waals surface area contributed by atoms with Crippen molar-refractivity contribution in [1.82, 2.24) is 5.32 Å². The van der Waals surface area contributed by atoms with Gasteiger partial charge in [-0.3, -0.25) is 9.59 Å². The molecule has 6 nitrogen and oxygen atoms in total. The summed E-state index contributed by atoms with van der Waals surface area (Å²) in [5.74, 6) is -1.30. The van der Waals surface area contributed by atoms with E-state index in [-0.39, 0.29) is 6.10 Å². The fourth-order valence-corrected chi connectivity index (χ4v) is 2.14. The molecule has 1 aliphatic rings. The summed E-state index contributed by atoms with van der Waals surface area (Å²) in [5.41, 5.74) is 1.55. The Labute approximate surface area is 124 Å². The number of hydrogen-bond acceptors (Lipinski definition) is 4. The largest absolute Gasteiger partial charge is 0.378 e. The van der Waals surface area contributed by atoms with Crippen LogP contribution in [0.1, 0.15) is 12.8 Å². The van der Waals surface area contributed by atoms with E-state index in [1.807, 2.05) is 37.2 Å². The van der Waals surface area contributed by atoms with E-state index in [0.717, 1.165) is 25.1 Å². The lowest BCUT2D eigenvalue weighted by molar-refractivity contribution is -0.136. The van der Waals surface area contributed by atoms with Crippen LogP contribution >= 0.6 is 0 Å². The van der Waals surface area contributed by atoms with Crippen LogP contribution in [0.4, 0.5) is 11.4 Å². The number of carbonyl (C=O) groups excluding carboxylic acids is 2. The molecule has 1 heterocycles. The van der Waals surface area contributed by atoms with Crippen LogP contribution in [0.15, 0.2) is 24.3 Å². The van der Waals surface area contributed by atoms with E-state index < -0.39 is 11.8 Å². The van der Waals surface area contributed by atoms with Gasteiger partial charge in [-0.1, -0.05) is 6.07 Å². The van der Waals surface area contributed by atoms with Crippen molar-refractivity contribution in [3.63, 3.8) is 0 Å². The van der Waals surface area contributed by atoms with E-state index >= 15 is 0 Å². The normalized spacial score (nSPS) is 17.3. The van der Waals surface area contributed by atoms with Gasteiger partial charge in [0.25, 0.3) is 0 Å². The number of nitrogens with one attached hydrogen (secondary N) is 2. The van der Waals surface area contributed by atoms with Crippen molar-refractivity contribution in [3.8, 4) is 0 Å². The van der Waals surface area contributed by atoms with Crippen molar-refractivity contribution < 1.29 is 14.3 Å². The van der Waals surface area contributed by atoms with Crippen LogP contribution < -0.4 is 15.5 Å². The average molecular weight is 291 g/mol. The lowest BCUT2D eigenvalue weighted by atomic mass is 10.2. The molecule has 0 aliphatic carbocycles. The molecule has 1 aromatic rings. The number of anilines is 2. The second-order valence-electron chi connectivity index (χ2n) is 5.24. The smallest absolute Gasteiger partial charge is 0.313 e. The quantitative estimate of drug-likeness (QED) is 0.812. The van der Waals surface area contributed by atoms with Gasteiger partial charge < -0.3 is 20.3 Å². The first-order valence-corrected chi connectivity index (χ1v) is 7.04. The van der Waals surface area contributed by atoms with E-state index in [1.54, 1.807) is 6.07 Å². The molecule has 0 aromatic heterocycles. The molecule has 0 radical (unpaired) electrons. The minimum atomic E-state index is -0.663. The zero-order valence-electron chi connectivity index (χ0n) is 12.4. The molecular formula is C15H21N3O3. The fraction of sp³-hybridized carbons (Fsp3) is 0.467. The highest BCUT2D eigenvalue weighted by molar-refractivity contribution is 6.39. The van der Waals surface area contributed by atoms with Gasteiger partial charge in [-0.15, -0.1) is 0 Å². The third kappa shape index (κ3) is 4.46. The summed E-state index contributed by atoms with van der Waals surface area (Å²) in [5, 5.41) is 5.19. The molecule has 2 N–H and O–H groups in total. The van der Waals surface area contributed by atoms with Crippen LogP contribution in [0.25, 0.3) is 0 Å². The van der Waals surface area contributed by atoms with Crippen molar-refractivity contribution in [2.45, 2.75) is 18.9 Å². The Morgan fingerprint density at radius 3 is 2.81 bits per heavy atom. The van der Waals surface area contributed by atoms with Gasteiger partial charge in [0.15, 0.2) is 0 Å². The number of nitrogens with zero attached hydrogens (tertiary/aromatic N) is 1. The number of rotatable bonds is 4. The van der Waals surface area contributed by atoms with Crippen molar-refractivity contribution in [2.24, 2.45) is 0 Å². The maximum Gasteiger partial charge on any atom is 0.313 e. The predicted octanol–water partition coefficient (Wildman–Crippen LogP) is 0.986. The highest BCUT2D eigenvalue weighted by atomic mass is 16.5. The molecule has 6 heteroatoms. The molecule has 2 amide bonds. The van der Waals surface area contributed by atoms with Gasteiger partial charge in [0.1, 0.15) is 0 Å². The average Bonchev–Trinajstić information content (AvgIpc) is 2.98. The van der Waals surface area contributed by atoms with Crippen LogP contribution in [0.3, 0.4) is 0 Å². The standard InChI is InChI=1S/C15H21N3O3/c1-18(2)12-6-3-5-11(9-12)17-15(20)14(19)16-10-13-7-4-8-21-13/h3,5-6,9,13H,4,7-8,10H2,1-2H3,(H,16,19)(H,17,20). The summed E-state index contributed by atoms with van der Waals surface area (Å²) in [7, 11) is 3.82. The highest BCUT2D eigenvalue weighted by Crippen LogP contribution is 2.17. The minimum absolute atomic E-state index is 0.0267. The molecule has 1 fully saturated rings. The summed E-state index contributed by atoms with van der Waals surface area (Å²) >= 11 is 0. The molecule has 1 aliphatic heterocycles. The number of hydrogen-bond donors (Lipinski definition) is 2. The van der Waals surface area contributed by atoms with Crippen LogP contribution in [0.2, 0.25) is 0 Å². The first-order valence-electron chi connectivity index (χ1n) is 7.04. The SMILES string of the molecule is CN(C)c1cccc(NC(=O)C(=O)NCC2CCCO2)c1. The van der Waals surface area contributed by atoms with Crippen molar-refractivity contribution in [1.29, 1.82) is 0 Å². The molecule has 2 rings (SSSR count). The molecule has 21 heavy (non-hydrogen) atoms. The molecule has 1 atom stereocenters. The fourth-order valence-electron chi connectivity index (χ4n) is 2.14. The van der Waals surface area contributed by atoms with E-state index in [9.17, 15) is 9.59 Å². The van der Waals surface area contributed by atoms with Gasteiger partial charge >= 0.3 is 11.8 Å². The summed E-state index contributed by atoms with van der Waals surface area (Å²) in [6.45, 7) is 1.11. The monoisotopic (exact) mass is 291 g/mol. The molecule has 114 valence electrons.